The first kappa shape index (κ1) is 27.5. The van der Waals surface area contributed by atoms with E-state index in [9.17, 15) is 28.8 Å². The van der Waals surface area contributed by atoms with E-state index in [2.05, 4.69) is 32.3 Å². The fourth-order valence-corrected chi connectivity index (χ4v) is 6.49. The predicted octanol–water partition coefficient (Wildman–Crippen LogP) is -3.12. The van der Waals surface area contributed by atoms with Gasteiger partial charge in [0.15, 0.2) is 0 Å². The quantitative estimate of drug-likeness (QED) is 0.177. The average Bonchev–Trinajstić information content (AvgIpc) is 3.79. The van der Waals surface area contributed by atoms with E-state index in [-0.39, 0.29) is 48.8 Å². The Labute approximate surface area is 235 Å². The molecule has 0 aliphatic carbocycles. The summed E-state index contributed by atoms with van der Waals surface area (Å²) < 4.78 is 0. The Kier molecular flexibility index (Phi) is 7.56. The van der Waals surface area contributed by atoms with Gasteiger partial charge in [-0.3, -0.25) is 40.9 Å². The third-order valence-electron chi connectivity index (χ3n) is 8.91. The number of fused-ring (bicyclic) bond motifs is 4. The third kappa shape index (κ3) is 5.24. The van der Waals surface area contributed by atoms with Crippen LogP contribution in [0.2, 0.25) is 0 Å². The molecular weight excluding hydrogens is 540 g/mol. The topological polar surface area (TPSA) is 197 Å². The Morgan fingerprint density at radius 1 is 0.610 bits per heavy atom. The first-order valence-corrected chi connectivity index (χ1v) is 14.3. The number of carbonyl (C=O) groups is 6. The minimum Gasteiger partial charge on any atom is -0.316 e. The Balaban J connectivity index is 1.02. The Hall–Kier alpha value is -3.70. The van der Waals surface area contributed by atoms with E-state index in [0.29, 0.717) is 51.6 Å². The number of hydrogen-bond acceptors (Lipinski definition) is 9. The van der Waals surface area contributed by atoms with Crippen LogP contribution < -0.4 is 32.3 Å². The summed E-state index contributed by atoms with van der Waals surface area (Å²) in [6.07, 6.45) is 3.07. The fraction of sp³-hybridized carbons (Fsp3) is 0.750. The molecule has 6 aliphatic rings. The average molecular weight is 577 g/mol. The van der Waals surface area contributed by atoms with Crippen molar-refractivity contribution >= 4 is 35.7 Å². The molecule has 0 aromatic heterocycles. The highest BCUT2D eigenvalue weighted by molar-refractivity contribution is 5.91. The van der Waals surface area contributed by atoms with Crippen molar-refractivity contribution in [2.75, 3.05) is 39.3 Å². The summed E-state index contributed by atoms with van der Waals surface area (Å²) in [7, 11) is 0. The summed E-state index contributed by atoms with van der Waals surface area (Å²) in [6, 6.07) is -3.35. The van der Waals surface area contributed by atoms with Gasteiger partial charge in [0.05, 0.1) is 23.9 Å². The Morgan fingerprint density at radius 3 is 1.41 bits per heavy atom. The number of nitrogens with zero attached hydrogens (tertiary/aromatic N) is 4. The molecule has 0 unspecified atom stereocenters. The van der Waals surface area contributed by atoms with Gasteiger partial charge in [0, 0.05) is 26.2 Å². The van der Waals surface area contributed by atoms with Crippen molar-refractivity contribution in [2.45, 2.75) is 62.7 Å². The van der Waals surface area contributed by atoms with Crippen molar-refractivity contribution in [2.24, 2.45) is 11.8 Å². The molecule has 0 aromatic rings. The number of carbonyl (C=O) groups excluding carboxylic acids is 6. The number of nitrogens with one attached hydrogen (secondary N) is 6. The molecule has 6 rings (SSSR count). The second-order valence-electron chi connectivity index (χ2n) is 11.4. The molecule has 17 nitrogen and oxygen atoms in total. The van der Waals surface area contributed by atoms with Gasteiger partial charge in [-0.2, -0.15) is 10.1 Å². The zero-order valence-electron chi connectivity index (χ0n) is 22.6. The lowest BCUT2D eigenvalue weighted by molar-refractivity contribution is -0.284. The van der Waals surface area contributed by atoms with Gasteiger partial charge >= 0.3 is 12.1 Å². The molecule has 6 aliphatic heterocycles. The van der Waals surface area contributed by atoms with Crippen molar-refractivity contribution < 1.29 is 33.7 Å². The second-order valence-corrected chi connectivity index (χ2v) is 11.4. The van der Waals surface area contributed by atoms with E-state index in [1.807, 2.05) is 0 Å². The number of piperidine rings is 2. The highest BCUT2D eigenvalue weighted by atomic mass is 16.9. The van der Waals surface area contributed by atoms with Gasteiger partial charge in [-0.25, -0.2) is 9.59 Å². The van der Waals surface area contributed by atoms with Crippen LogP contribution in [0.4, 0.5) is 9.59 Å². The number of hydroxylamine groups is 4. The van der Waals surface area contributed by atoms with E-state index in [1.54, 1.807) is 0 Å². The van der Waals surface area contributed by atoms with E-state index >= 15 is 0 Å². The molecule has 41 heavy (non-hydrogen) atoms. The molecule has 0 aromatic carbocycles. The third-order valence-corrected chi connectivity index (χ3v) is 8.91. The zero-order chi connectivity index (χ0) is 28.7. The maximum Gasteiger partial charge on any atom is 0.347 e. The zero-order valence-corrected chi connectivity index (χ0v) is 22.6. The monoisotopic (exact) mass is 576 g/mol. The normalized spacial score (nSPS) is 32.4. The molecule has 6 atom stereocenters. The summed E-state index contributed by atoms with van der Waals surface area (Å²) in [5.74, 6) is -1.94. The summed E-state index contributed by atoms with van der Waals surface area (Å²) in [6.45, 7) is 3.09. The lowest BCUT2D eigenvalue weighted by Gasteiger charge is -2.30. The fourth-order valence-electron chi connectivity index (χ4n) is 6.49. The number of urea groups is 2. The van der Waals surface area contributed by atoms with Crippen LogP contribution in [0.3, 0.4) is 0 Å². The van der Waals surface area contributed by atoms with Crippen molar-refractivity contribution in [1.82, 2.24) is 52.3 Å². The van der Waals surface area contributed by atoms with Gasteiger partial charge in [-0.1, -0.05) is 0 Å². The van der Waals surface area contributed by atoms with E-state index in [1.165, 1.54) is 9.80 Å². The van der Waals surface area contributed by atoms with Gasteiger partial charge in [0.1, 0.15) is 12.1 Å². The van der Waals surface area contributed by atoms with Crippen LogP contribution in [0.25, 0.3) is 0 Å². The SMILES string of the molecule is O=C(NNC(=O)[C@H]1CC[C@@H]2CN1C(=O)N2ON1C(=O)N2C[C@H]1CC[C@@H]2C(=O)NNC(=O)[C@H]1CCNC1)[C@H]1CCNC1. The highest BCUT2D eigenvalue weighted by Crippen LogP contribution is 2.35. The molecule has 17 heteroatoms. The molecular formula is C24H36N10O7. The lowest BCUT2D eigenvalue weighted by Crippen LogP contribution is -2.55. The molecule has 8 amide bonds. The van der Waals surface area contributed by atoms with E-state index < -0.39 is 36.0 Å². The molecule has 6 heterocycles. The molecule has 4 bridgehead atoms. The van der Waals surface area contributed by atoms with Crippen LogP contribution in [0.1, 0.15) is 38.5 Å². The van der Waals surface area contributed by atoms with Crippen molar-refractivity contribution in [3.63, 3.8) is 0 Å². The second kappa shape index (κ2) is 11.3. The van der Waals surface area contributed by atoms with Gasteiger partial charge in [-0.15, -0.1) is 4.94 Å². The van der Waals surface area contributed by atoms with E-state index in [4.69, 9.17) is 4.94 Å². The maximum atomic E-state index is 13.3. The van der Waals surface area contributed by atoms with Crippen LogP contribution in [-0.4, -0.2) is 119 Å². The predicted molar refractivity (Wildman–Crippen MR) is 137 cm³/mol. The number of hydrazine groups is 2. The van der Waals surface area contributed by atoms with Crippen molar-refractivity contribution in [3.8, 4) is 0 Å². The van der Waals surface area contributed by atoms with Crippen LogP contribution in [-0.2, 0) is 24.1 Å². The van der Waals surface area contributed by atoms with E-state index in [0.717, 1.165) is 23.2 Å². The first-order chi connectivity index (χ1) is 19.8. The molecule has 0 saturated carbocycles. The highest BCUT2D eigenvalue weighted by Gasteiger charge is 2.53. The van der Waals surface area contributed by atoms with Gasteiger partial charge in [0.2, 0.25) is 11.8 Å². The summed E-state index contributed by atoms with van der Waals surface area (Å²) >= 11 is 0. The van der Waals surface area contributed by atoms with Crippen LogP contribution in [0.5, 0.6) is 0 Å². The summed E-state index contributed by atoms with van der Waals surface area (Å²) in [4.78, 5) is 85.3. The lowest BCUT2D eigenvalue weighted by atomic mass is 10.0. The van der Waals surface area contributed by atoms with Crippen LogP contribution in [0.15, 0.2) is 0 Å². The Morgan fingerprint density at radius 2 is 1.02 bits per heavy atom. The minimum absolute atomic E-state index is 0.213. The number of rotatable bonds is 6. The molecule has 0 spiro atoms. The molecule has 6 saturated heterocycles. The largest absolute Gasteiger partial charge is 0.347 e. The maximum absolute atomic E-state index is 13.3. The van der Waals surface area contributed by atoms with Gasteiger partial charge < -0.3 is 20.4 Å². The molecule has 0 radical (unpaired) electrons. The van der Waals surface area contributed by atoms with Crippen molar-refractivity contribution in [3.05, 3.63) is 0 Å². The smallest absolute Gasteiger partial charge is 0.316 e. The van der Waals surface area contributed by atoms with Crippen LogP contribution >= 0.6 is 0 Å². The van der Waals surface area contributed by atoms with Crippen LogP contribution in [0, 0.1) is 11.8 Å². The van der Waals surface area contributed by atoms with Crippen molar-refractivity contribution in [1.29, 1.82) is 0 Å². The standard InChI is InChI=1S/C24H36N10O7/c35-19(13-5-7-25-9-13)27-29-21(37)17-3-1-15-11-31(17)23(39)33(15)41-34-16-2-4-18(32(12-16)24(34)40)22(38)30-28-20(36)14-6-8-26-10-14/h13-18,25-26H,1-12H2,(H,27,35)(H,28,36)(H,29,37)(H,30,38)/t13-,14-,15+,16+,17+,18+/m0/s1. The molecule has 6 fully saturated rings. The first-order valence-electron chi connectivity index (χ1n) is 14.3. The Bertz CT molecular complexity index is 1030. The summed E-state index contributed by atoms with van der Waals surface area (Å²) in [5.41, 5.74) is 9.82. The minimum atomic E-state index is -0.782. The number of hydrogen-bond donors (Lipinski definition) is 6. The molecule has 6 N–H and O–H groups in total. The van der Waals surface area contributed by atoms with Gasteiger partial charge in [-0.05, 0) is 51.6 Å². The summed E-state index contributed by atoms with van der Waals surface area (Å²) in [5, 5.41) is 8.47. The molecule has 224 valence electrons. The van der Waals surface area contributed by atoms with Gasteiger partial charge in [0.25, 0.3) is 11.8 Å². The number of amides is 8.